The molecule has 2 aromatic heterocycles. The van der Waals surface area contributed by atoms with Crippen molar-refractivity contribution in [2.75, 3.05) is 25.5 Å². The molecule has 0 bridgehead atoms. The Labute approximate surface area is 140 Å². The minimum Gasteiger partial charge on any atom is -0.373 e. The number of nitrogens with one attached hydrogen (secondary N) is 1. The number of thiazole rings is 1. The molecule has 1 aliphatic rings. The first-order valence-electron chi connectivity index (χ1n) is 7.98. The number of aryl methyl sites for hydroxylation is 1. The summed E-state index contributed by atoms with van der Waals surface area (Å²) in [5, 5.41) is 6.07. The number of amides is 1. The van der Waals surface area contributed by atoms with Crippen LogP contribution in [-0.4, -0.2) is 40.9 Å². The molecule has 5 nitrogen and oxygen atoms in total. The number of hydrogen-bond acceptors (Lipinski definition) is 5. The van der Waals surface area contributed by atoms with Gasteiger partial charge >= 0.3 is 0 Å². The first-order chi connectivity index (χ1) is 11.2. The van der Waals surface area contributed by atoms with Crippen molar-refractivity contribution in [3.05, 3.63) is 40.0 Å². The lowest BCUT2D eigenvalue weighted by molar-refractivity contribution is -0.131. The van der Waals surface area contributed by atoms with E-state index in [1.165, 1.54) is 5.56 Å². The maximum atomic E-state index is 12.5. The molecule has 6 heteroatoms. The van der Waals surface area contributed by atoms with Crippen LogP contribution in [0.2, 0.25) is 0 Å². The standard InChI is InChI=1S/C17H22N4OS/c1-12-20-15(11-23-12)9-17(22)21-7-3-4-14(10-21)13-5-6-19-16(8-13)18-2/h5-6,8,11,14H,3-4,7,9-10H2,1-2H3,(H,18,19)/t14-/m1/s1. The maximum absolute atomic E-state index is 12.5. The number of hydrogen-bond donors (Lipinski definition) is 1. The third-order valence-electron chi connectivity index (χ3n) is 4.28. The molecule has 122 valence electrons. The number of anilines is 1. The molecular weight excluding hydrogens is 308 g/mol. The Morgan fingerprint density at radius 1 is 1.52 bits per heavy atom. The first kappa shape index (κ1) is 15.9. The number of carbonyl (C=O) groups is 1. The van der Waals surface area contributed by atoms with Crippen LogP contribution in [-0.2, 0) is 11.2 Å². The van der Waals surface area contributed by atoms with Gasteiger partial charge < -0.3 is 10.2 Å². The van der Waals surface area contributed by atoms with Crippen molar-refractivity contribution < 1.29 is 4.79 Å². The summed E-state index contributed by atoms with van der Waals surface area (Å²) in [7, 11) is 1.87. The Morgan fingerprint density at radius 2 is 2.39 bits per heavy atom. The van der Waals surface area contributed by atoms with Crippen LogP contribution < -0.4 is 5.32 Å². The molecule has 1 atom stereocenters. The predicted molar refractivity (Wildman–Crippen MR) is 92.9 cm³/mol. The second kappa shape index (κ2) is 7.08. The molecule has 0 saturated carbocycles. The molecule has 3 rings (SSSR count). The average molecular weight is 330 g/mol. The summed E-state index contributed by atoms with van der Waals surface area (Å²) in [6, 6.07) is 4.14. The molecule has 0 radical (unpaired) electrons. The Bertz CT molecular complexity index is 685. The normalized spacial score (nSPS) is 18.0. The van der Waals surface area contributed by atoms with Crippen molar-refractivity contribution in [2.45, 2.75) is 32.1 Å². The fraction of sp³-hybridized carbons (Fsp3) is 0.471. The van der Waals surface area contributed by atoms with Crippen LogP contribution in [0.4, 0.5) is 5.82 Å². The minimum absolute atomic E-state index is 0.183. The molecule has 1 aliphatic heterocycles. The summed E-state index contributed by atoms with van der Waals surface area (Å²) in [4.78, 5) is 23.2. The van der Waals surface area contributed by atoms with Gasteiger partial charge in [-0.05, 0) is 37.5 Å². The Kier molecular flexibility index (Phi) is 4.91. The third kappa shape index (κ3) is 3.88. The summed E-state index contributed by atoms with van der Waals surface area (Å²) in [6.07, 6.45) is 4.41. The van der Waals surface area contributed by atoms with Crippen LogP contribution in [0.15, 0.2) is 23.7 Å². The predicted octanol–water partition coefficient (Wildman–Crippen LogP) is 2.84. The molecule has 1 N–H and O–H groups in total. The number of nitrogens with zero attached hydrogens (tertiary/aromatic N) is 3. The molecule has 2 aromatic rings. The van der Waals surface area contributed by atoms with E-state index in [0.29, 0.717) is 12.3 Å². The molecular formula is C17H22N4OS. The van der Waals surface area contributed by atoms with E-state index in [1.807, 2.05) is 30.4 Å². The third-order valence-corrected chi connectivity index (χ3v) is 5.11. The second-order valence-corrected chi connectivity index (χ2v) is 7.00. The number of likely N-dealkylation sites (tertiary alicyclic amines) is 1. The minimum atomic E-state index is 0.183. The van der Waals surface area contributed by atoms with Crippen molar-refractivity contribution >= 4 is 23.1 Å². The van der Waals surface area contributed by atoms with Crippen LogP contribution >= 0.6 is 11.3 Å². The molecule has 1 fully saturated rings. The molecule has 1 amide bonds. The summed E-state index contributed by atoms with van der Waals surface area (Å²) in [6.45, 7) is 3.61. The van der Waals surface area contributed by atoms with Gasteiger partial charge in [-0.3, -0.25) is 4.79 Å². The van der Waals surface area contributed by atoms with Gasteiger partial charge in [0.15, 0.2) is 0 Å². The van der Waals surface area contributed by atoms with E-state index in [1.54, 1.807) is 11.3 Å². The first-order valence-corrected chi connectivity index (χ1v) is 8.86. The number of carbonyl (C=O) groups excluding carboxylic acids is 1. The Hall–Kier alpha value is -1.95. The highest BCUT2D eigenvalue weighted by atomic mass is 32.1. The van der Waals surface area contributed by atoms with E-state index in [9.17, 15) is 4.79 Å². The molecule has 0 aromatic carbocycles. The van der Waals surface area contributed by atoms with Crippen LogP contribution in [0, 0.1) is 6.92 Å². The topological polar surface area (TPSA) is 58.1 Å². The number of rotatable bonds is 4. The van der Waals surface area contributed by atoms with Gasteiger partial charge in [0.1, 0.15) is 5.82 Å². The van der Waals surface area contributed by atoms with E-state index >= 15 is 0 Å². The van der Waals surface area contributed by atoms with Crippen LogP contribution in [0.5, 0.6) is 0 Å². The van der Waals surface area contributed by atoms with Gasteiger partial charge in [-0.15, -0.1) is 11.3 Å². The van der Waals surface area contributed by atoms with Crippen molar-refractivity contribution in [2.24, 2.45) is 0 Å². The molecule has 23 heavy (non-hydrogen) atoms. The fourth-order valence-electron chi connectivity index (χ4n) is 3.07. The maximum Gasteiger partial charge on any atom is 0.228 e. The number of piperidine rings is 1. The van der Waals surface area contributed by atoms with E-state index in [4.69, 9.17) is 0 Å². The van der Waals surface area contributed by atoms with Gasteiger partial charge in [0.2, 0.25) is 5.91 Å². The fourth-order valence-corrected chi connectivity index (χ4v) is 3.68. The molecule has 0 unspecified atom stereocenters. The van der Waals surface area contributed by atoms with E-state index in [0.717, 1.165) is 42.5 Å². The molecule has 1 saturated heterocycles. The van der Waals surface area contributed by atoms with Gasteiger partial charge in [0.05, 0.1) is 17.1 Å². The van der Waals surface area contributed by atoms with E-state index in [2.05, 4.69) is 27.4 Å². The summed E-state index contributed by atoms with van der Waals surface area (Å²) < 4.78 is 0. The zero-order chi connectivity index (χ0) is 16.2. The smallest absolute Gasteiger partial charge is 0.228 e. The molecule has 3 heterocycles. The summed E-state index contributed by atoms with van der Waals surface area (Å²) >= 11 is 1.60. The van der Waals surface area contributed by atoms with Crippen LogP contribution in [0.3, 0.4) is 0 Å². The van der Waals surface area contributed by atoms with Crippen molar-refractivity contribution in [3.8, 4) is 0 Å². The van der Waals surface area contributed by atoms with Gasteiger partial charge in [0.25, 0.3) is 0 Å². The zero-order valence-electron chi connectivity index (χ0n) is 13.6. The van der Waals surface area contributed by atoms with Crippen molar-refractivity contribution in [1.82, 2.24) is 14.9 Å². The monoisotopic (exact) mass is 330 g/mol. The van der Waals surface area contributed by atoms with Crippen molar-refractivity contribution in [3.63, 3.8) is 0 Å². The molecule has 0 aliphatic carbocycles. The van der Waals surface area contributed by atoms with E-state index < -0.39 is 0 Å². The highest BCUT2D eigenvalue weighted by molar-refractivity contribution is 7.09. The lowest BCUT2D eigenvalue weighted by Crippen LogP contribution is -2.40. The van der Waals surface area contributed by atoms with Crippen molar-refractivity contribution in [1.29, 1.82) is 0 Å². The SMILES string of the molecule is CNc1cc([C@@H]2CCCN(C(=O)Cc3csc(C)n3)C2)ccn1. The Balaban J connectivity index is 1.66. The number of pyridine rings is 1. The van der Waals surface area contributed by atoms with E-state index in [-0.39, 0.29) is 5.91 Å². The van der Waals surface area contributed by atoms with Gasteiger partial charge in [0, 0.05) is 37.6 Å². The highest BCUT2D eigenvalue weighted by Gasteiger charge is 2.25. The second-order valence-electron chi connectivity index (χ2n) is 5.94. The summed E-state index contributed by atoms with van der Waals surface area (Å²) in [5.41, 5.74) is 2.15. The van der Waals surface area contributed by atoms with Crippen LogP contribution in [0.1, 0.15) is 35.0 Å². The zero-order valence-corrected chi connectivity index (χ0v) is 14.4. The lowest BCUT2D eigenvalue weighted by Gasteiger charge is -2.33. The Morgan fingerprint density at radius 3 is 3.13 bits per heavy atom. The number of aromatic nitrogens is 2. The largest absolute Gasteiger partial charge is 0.373 e. The van der Waals surface area contributed by atoms with Crippen LogP contribution in [0.25, 0.3) is 0 Å². The van der Waals surface area contributed by atoms with Gasteiger partial charge in [-0.1, -0.05) is 0 Å². The lowest BCUT2D eigenvalue weighted by atomic mass is 9.91. The summed E-state index contributed by atoms with van der Waals surface area (Å²) in [5.74, 6) is 1.45. The van der Waals surface area contributed by atoms with Gasteiger partial charge in [-0.25, -0.2) is 9.97 Å². The molecule has 0 spiro atoms. The highest BCUT2D eigenvalue weighted by Crippen LogP contribution is 2.28. The van der Waals surface area contributed by atoms with Gasteiger partial charge in [-0.2, -0.15) is 0 Å². The quantitative estimate of drug-likeness (QED) is 0.936. The average Bonchev–Trinajstić information content (AvgIpc) is 3.00.